The Balaban J connectivity index is 2.27. The van der Waals surface area contributed by atoms with Crippen LogP contribution in [0, 0.1) is 6.92 Å². The summed E-state index contributed by atoms with van der Waals surface area (Å²) in [6.45, 7) is 1.96. The first-order valence-corrected chi connectivity index (χ1v) is 5.85. The van der Waals surface area contributed by atoms with Crippen molar-refractivity contribution in [1.29, 1.82) is 0 Å². The third-order valence-electron chi connectivity index (χ3n) is 2.91. The number of aromatic nitrogens is 1. The Kier molecular flexibility index (Phi) is 3.72. The zero-order chi connectivity index (χ0) is 13.0. The molecule has 92 valence electrons. The predicted molar refractivity (Wildman–Crippen MR) is 69.5 cm³/mol. The third kappa shape index (κ3) is 2.94. The lowest BCUT2D eigenvalue weighted by atomic mass is 9.92. The fourth-order valence-corrected chi connectivity index (χ4v) is 1.99. The van der Waals surface area contributed by atoms with E-state index < -0.39 is 11.9 Å². The van der Waals surface area contributed by atoms with Crippen LogP contribution in [-0.2, 0) is 11.2 Å². The number of pyridine rings is 1. The second-order valence-corrected chi connectivity index (χ2v) is 4.37. The van der Waals surface area contributed by atoms with Crippen molar-refractivity contribution >= 4 is 5.97 Å². The Morgan fingerprint density at radius 2 is 2.17 bits per heavy atom. The molecular weight excluding hydrogens is 226 g/mol. The van der Waals surface area contributed by atoms with Crippen molar-refractivity contribution in [2.24, 2.45) is 0 Å². The van der Waals surface area contributed by atoms with Gasteiger partial charge >= 0.3 is 5.97 Å². The number of hydrogen-bond donors (Lipinski definition) is 1. The second kappa shape index (κ2) is 5.45. The summed E-state index contributed by atoms with van der Waals surface area (Å²) in [6.07, 6.45) is 3.87. The van der Waals surface area contributed by atoms with Gasteiger partial charge in [0.2, 0.25) is 0 Å². The number of rotatable bonds is 4. The molecule has 2 aromatic rings. The van der Waals surface area contributed by atoms with Crippen molar-refractivity contribution in [3.63, 3.8) is 0 Å². The van der Waals surface area contributed by atoms with Crippen LogP contribution in [-0.4, -0.2) is 16.1 Å². The number of nitrogens with zero attached hydrogens (tertiary/aromatic N) is 1. The van der Waals surface area contributed by atoms with Crippen molar-refractivity contribution in [3.8, 4) is 0 Å². The standard InChI is InChI=1S/C15H15NO2/c1-11-4-2-6-13(8-11)14(15(17)18)9-12-5-3-7-16-10-12/h2-8,10,14H,9H2,1H3,(H,17,18). The molecule has 0 fully saturated rings. The fraction of sp³-hybridized carbons (Fsp3) is 0.200. The summed E-state index contributed by atoms with van der Waals surface area (Å²) in [4.78, 5) is 15.4. The summed E-state index contributed by atoms with van der Waals surface area (Å²) in [5.41, 5.74) is 2.85. The molecule has 0 bridgehead atoms. The van der Waals surface area contributed by atoms with Gasteiger partial charge in [-0.05, 0) is 30.5 Å². The molecule has 0 radical (unpaired) electrons. The molecule has 0 saturated heterocycles. The summed E-state index contributed by atoms with van der Waals surface area (Å²) in [6, 6.07) is 11.4. The fourth-order valence-electron chi connectivity index (χ4n) is 1.99. The Morgan fingerprint density at radius 3 is 2.78 bits per heavy atom. The third-order valence-corrected chi connectivity index (χ3v) is 2.91. The maximum absolute atomic E-state index is 11.4. The second-order valence-electron chi connectivity index (χ2n) is 4.37. The highest BCUT2D eigenvalue weighted by Gasteiger charge is 2.20. The Hall–Kier alpha value is -2.16. The number of carboxylic acid groups (broad SMARTS) is 1. The van der Waals surface area contributed by atoms with Crippen LogP contribution in [0.3, 0.4) is 0 Å². The molecular formula is C15H15NO2. The largest absolute Gasteiger partial charge is 0.481 e. The first kappa shape index (κ1) is 12.3. The quantitative estimate of drug-likeness (QED) is 0.895. The van der Waals surface area contributed by atoms with Gasteiger partial charge in [-0.1, -0.05) is 35.9 Å². The molecule has 0 spiro atoms. The lowest BCUT2D eigenvalue weighted by Gasteiger charge is -2.13. The summed E-state index contributed by atoms with van der Waals surface area (Å²) < 4.78 is 0. The lowest BCUT2D eigenvalue weighted by molar-refractivity contribution is -0.138. The average Bonchev–Trinajstić information content (AvgIpc) is 2.37. The van der Waals surface area contributed by atoms with E-state index in [1.807, 2.05) is 43.3 Å². The van der Waals surface area contributed by atoms with Crippen molar-refractivity contribution in [3.05, 3.63) is 65.5 Å². The van der Waals surface area contributed by atoms with Crippen LogP contribution >= 0.6 is 0 Å². The first-order chi connectivity index (χ1) is 8.66. The van der Waals surface area contributed by atoms with Crippen molar-refractivity contribution < 1.29 is 9.90 Å². The Morgan fingerprint density at radius 1 is 1.33 bits per heavy atom. The van der Waals surface area contributed by atoms with Gasteiger partial charge in [0.1, 0.15) is 0 Å². The molecule has 3 nitrogen and oxygen atoms in total. The van der Waals surface area contributed by atoms with Crippen molar-refractivity contribution in [1.82, 2.24) is 4.98 Å². The van der Waals surface area contributed by atoms with E-state index in [0.717, 1.165) is 16.7 Å². The molecule has 1 N–H and O–H groups in total. The maximum atomic E-state index is 11.4. The molecule has 1 heterocycles. The predicted octanol–water partition coefficient (Wildman–Crippen LogP) is 2.80. The Labute approximate surface area is 106 Å². The maximum Gasteiger partial charge on any atom is 0.311 e. The van der Waals surface area contributed by atoms with Gasteiger partial charge in [0.25, 0.3) is 0 Å². The molecule has 0 amide bonds. The molecule has 1 aromatic heterocycles. The van der Waals surface area contributed by atoms with Crippen LogP contribution in [0.4, 0.5) is 0 Å². The van der Waals surface area contributed by atoms with E-state index in [2.05, 4.69) is 4.98 Å². The minimum absolute atomic E-state index is 0.465. The van der Waals surface area contributed by atoms with E-state index in [9.17, 15) is 9.90 Å². The van der Waals surface area contributed by atoms with Crippen LogP contribution in [0.5, 0.6) is 0 Å². The molecule has 0 aliphatic carbocycles. The molecule has 0 aliphatic rings. The van der Waals surface area contributed by atoms with Crippen LogP contribution in [0.15, 0.2) is 48.8 Å². The zero-order valence-electron chi connectivity index (χ0n) is 10.2. The van der Waals surface area contributed by atoms with Crippen LogP contribution in [0.2, 0.25) is 0 Å². The number of aryl methyl sites for hydroxylation is 1. The number of carbonyl (C=O) groups is 1. The van der Waals surface area contributed by atoms with E-state index >= 15 is 0 Å². The van der Waals surface area contributed by atoms with Gasteiger partial charge in [0.05, 0.1) is 5.92 Å². The van der Waals surface area contributed by atoms with Gasteiger partial charge in [-0.2, -0.15) is 0 Å². The summed E-state index contributed by atoms with van der Waals surface area (Å²) in [5.74, 6) is -1.32. The Bertz CT molecular complexity index is 537. The van der Waals surface area contributed by atoms with E-state index in [1.165, 1.54) is 0 Å². The average molecular weight is 241 g/mol. The van der Waals surface area contributed by atoms with Crippen molar-refractivity contribution in [2.45, 2.75) is 19.3 Å². The molecule has 2 rings (SSSR count). The number of hydrogen-bond acceptors (Lipinski definition) is 2. The normalized spacial score (nSPS) is 12.1. The molecule has 3 heteroatoms. The summed E-state index contributed by atoms with van der Waals surface area (Å²) >= 11 is 0. The topological polar surface area (TPSA) is 50.2 Å². The van der Waals surface area contributed by atoms with Gasteiger partial charge in [-0.15, -0.1) is 0 Å². The number of aliphatic carboxylic acids is 1. The van der Waals surface area contributed by atoms with Gasteiger partial charge in [-0.25, -0.2) is 0 Å². The molecule has 0 saturated carbocycles. The monoisotopic (exact) mass is 241 g/mol. The SMILES string of the molecule is Cc1cccc(C(Cc2cccnc2)C(=O)O)c1. The molecule has 18 heavy (non-hydrogen) atoms. The van der Waals surface area contributed by atoms with Gasteiger partial charge in [0.15, 0.2) is 0 Å². The molecule has 1 aromatic carbocycles. The lowest BCUT2D eigenvalue weighted by Crippen LogP contribution is -2.14. The van der Waals surface area contributed by atoms with E-state index in [4.69, 9.17) is 0 Å². The minimum atomic E-state index is -0.801. The minimum Gasteiger partial charge on any atom is -0.481 e. The van der Waals surface area contributed by atoms with Gasteiger partial charge in [0, 0.05) is 12.4 Å². The van der Waals surface area contributed by atoms with Gasteiger partial charge < -0.3 is 5.11 Å². The van der Waals surface area contributed by atoms with Gasteiger partial charge in [-0.3, -0.25) is 9.78 Å². The van der Waals surface area contributed by atoms with E-state index in [1.54, 1.807) is 12.4 Å². The summed E-state index contributed by atoms with van der Waals surface area (Å²) in [7, 11) is 0. The first-order valence-electron chi connectivity index (χ1n) is 5.85. The van der Waals surface area contributed by atoms with Crippen LogP contribution in [0.1, 0.15) is 22.6 Å². The zero-order valence-corrected chi connectivity index (χ0v) is 10.2. The number of carboxylic acids is 1. The molecule has 1 unspecified atom stereocenters. The molecule has 1 atom stereocenters. The smallest absolute Gasteiger partial charge is 0.311 e. The highest BCUT2D eigenvalue weighted by Crippen LogP contribution is 2.21. The molecule has 0 aliphatic heterocycles. The number of benzene rings is 1. The highest BCUT2D eigenvalue weighted by atomic mass is 16.4. The summed E-state index contributed by atoms with van der Waals surface area (Å²) in [5, 5.41) is 9.36. The van der Waals surface area contributed by atoms with E-state index in [-0.39, 0.29) is 0 Å². The van der Waals surface area contributed by atoms with E-state index in [0.29, 0.717) is 6.42 Å². The van der Waals surface area contributed by atoms with Crippen molar-refractivity contribution in [2.75, 3.05) is 0 Å². The van der Waals surface area contributed by atoms with Crippen LogP contribution in [0.25, 0.3) is 0 Å². The highest BCUT2D eigenvalue weighted by molar-refractivity contribution is 5.76. The van der Waals surface area contributed by atoms with Crippen LogP contribution < -0.4 is 0 Å².